The highest BCUT2D eigenvalue weighted by atomic mass is 35.5. The first-order chi connectivity index (χ1) is 18.4. The van der Waals surface area contributed by atoms with E-state index in [4.69, 9.17) is 9.72 Å². The van der Waals surface area contributed by atoms with Crippen LogP contribution in [0.5, 0.6) is 11.6 Å². The van der Waals surface area contributed by atoms with Crippen LogP contribution in [0.4, 0.5) is 11.6 Å². The molecule has 3 N–H and O–H groups in total. The molecule has 0 saturated carbocycles. The smallest absolute Gasteiger partial charge is 0.248 e. The van der Waals surface area contributed by atoms with Gasteiger partial charge in [-0.3, -0.25) is 4.72 Å². The number of sulfonamides is 1. The molecule has 0 amide bonds. The van der Waals surface area contributed by atoms with Crippen molar-refractivity contribution in [2.24, 2.45) is 0 Å². The van der Waals surface area contributed by atoms with Crippen molar-refractivity contribution >= 4 is 44.8 Å². The van der Waals surface area contributed by atoms with Crippen LogP contribution in [0.3, 0.4) is 0 Å². The lowest BCUT2D eigenvalue weighted by molar-refractivity contribution is 0.459. The molecule has 0 radical (unpaired) electrons. The fourth-order valence-electron chi connectivity index (χ4n) is 4.57. The maximum atomic E-state index is 12.5. The number of ether oxygens (including phenoxy) is 1. The number of hydrogen-bond acceptors (Lipinski definition) is 9. The summed E-state index contributed by atoms with van der Waals surface area (Å²) in [5.41, 5.74) is 2.70. The summed E-state index contributed by atoms with van der Waals surface area (Å²) >= 11 is 0. The molecule has 5 rings (SSSR count). The minimum absolute atomic E-state index is 0. The van der Waals surface area contributed by atoms with Crippen LogP contribution in [0.2, 0.25) is 0 Å². The van der Waals surface area contributed by atoms with E-state index in [1.807, 2.05) is 38.1 Å². The molecule has 1 saturated heterocycles. The van der Waals surface area contributed by atoms with Gasteiger partial charge < -0.3 is 15.4 Å². The Morgan fingerprint density at radius 1 is 1.10 bits per heavy atom. The van der Waals surface area contributed by atoms with Crippen molar-refractivity contribution in [3.63, 3.8) is 0 Å². The van der Waals surface area contributed by atoms with Crippen LogP contribution in [-0.4, -0.2) is 53.5 Å². The van der Waals surface area contributed by atoms with Crippen LogP contribution in [0.25, 0.3) is 22.0 Å². The molecular formula is C27H32ClN7O3S. The summed E-state index contributed by atoms with van der Waals surface area (Å²) in [7, 11) is -3.45. The number of aryl methyl sites for hydroxylation is 1. The van der Waals surface area contributed by atoms with Crippen LogP contribution in [0, 0.1) is 6.92 Å². The third kappa shape index (κ3) is 6.73. The van der Waals surface area contributed by atoms with E-state index >= 15 is 0 Å². The van der Waals surface area contributed by atoms with Crippen LogP contribution >= 0.6 is 12.4 Å². The molecule has 2 aromatic heterocycles. The van der Waals surface area contributed by atoms with E-state index in [9.17, 15) is 8.42 Å². The number of anilines is 2. The van der Waals surface area contributed by atoms with Gasteiger partial charge in [-0.05, 0) is 56.5 Å². The Balaban J connectivity index is 0.00000353. The van der Waals surface area contributed by atoms with Crippen molar-refractivity contribution in [3.8, 4) is 22.9 Å². The van der Waals surface area contributed by atoms with E-state index in [2.05, 4.69) is 30.5 Å². The van der Waals surface area contributed by atoms with Crippen molar-refractivity contribution in [2.75, 3.05) is 28.9 Å². The monoisotopic (exact) mass is 569 g/mol. The predicted molar refractivity (Wildman–Crippen MR) is 156 cm³/mol. The van der Waals surface area contributed by atoms with E-state index in [0.29, 0.717) is 40.9 Å². The van der Waals surface area contributed by atoms with E-state index in [1.165, 1.54) is 0 Å². The Bertz CT molecular complexity index is 1550. The van der Waals surface area contributed by atoms with Crippen LogP contribution in [-0.2, 0) is 10.0 Å². The number of aromatic nitrogens is 4. The standard InChI is InChI=1S/C27H31N7O3S.ClH/c1-3-16-38(35,36)34-24-8-4-7-21-20(24)10-9-18(2)25(21)37-26-22(11-15-30-33-26)23-12-14-29-27(32-23)31-19-6-5-13-28-17-19;/h4,7-12,14-15,19,28,34H,3,5-6,13,16-17H2,1-2H3,(H,29,31,32);1H. The molecule has 10 nitrogen and oxygen atoms in total. The summed E-state index contributed by atoms with van der Waals surface area (Å²) in [4.78, 5) is 9.12. The molecular weight excluding hydrogens is 538 g/mol. The van der Waals surface area contributed by atoms with Crippen molar-refractivity contribution in [1.29, 1.82) is 0 Å². The van der Waals surface area contributed by atoms with Gasteiger partial charge in [0.25, 0.3) is 0 Å². The maximum absolute atomic E-state index is 12.5. The Kier molecular flexibility index (Phi) is 9.16. The van der Waals surface area contributed by atoms with Crippen LogP contribution in [0.1, 0.15) is 31.7 Å². The van der Waals surface area contributed by atoms with Gasteiger partial charge >= 0.3 is 0 Å². The molecule has 2 aromatic carbocycles. The number of rotatable bonds is 9. The molecule has 39 heavy (non-hydrogen) atoms. The molecule has 12 heteroatoms. The zero-order chi connectivity index (χ0) is 26.5. The summed E-state index contributed by atoms with van der Waals surface area (Å²) < 4.78 is 34.0. The van der Waals surface area contributed by atoms with Gasteiger partial charge in [-0.15, -0.1) is 17.5 Å². The average Bonchev–Trinajstić information content (AvgIpc) is 2.91. The Morgan fingerprint density at radius 3 is 2.77 bits per heavy atom. The molecule has 1 fully saturated rings. The van der Waals surface area contributed by atoms with Crippen molar-refractivity contribution in [1.82, 2.24) is 25.5 Å². The molecule has 0 spiro atoms. The molecule has 206 valence electrons. The number of nitrogens with one attached hydrogen (secondary N) is 3. The first kappa shape index (κ1) is 28.5. The van der Waals surface area contributed by atoms with Gasteiger partial charge in [0.2, 0.25) is 21.9 Å². The summed E-state index contributed by atoms with van der Waals surface area (Å²) in [6.07, 6.45) is 6.00. The first-order valence-corrected chi connectivity index (χ1v) is 14.4. The number of nitrogens with zero attached hydrogens (tertiary/aromatic N) is 4. The van der Waals surface area contributed by atoms with Crippen molar-refractivity contribution in [2.45, 2.75) is 39.2 Å². The highest BCUT2D eigenvalue weighted by Gasteiger charge is 2.18. The normalized spacial score (nSPS) is 15.4. The van der Waals surface area contributed by atoms with Crippen LogP contribution in [0.15, 0.2) is 54.9 Å². The molecule has 0 aliphatic carbocycles. The number of benzene rings is 2. The second kappa shape index (κ2) is 12.5. The zero-order valence-corrected chi connectivity index (χ0v) is 23.5. The zero-order valence-electron chi connectivity index (χ0n) is 21.8. The third-order valence-electron chi connectivity index (χ3n) is 6.39. The minimum atomic E-state index is -3.45. The van der Waals surface area contributed by atoms with Gasteiger partial charge in [-0.2, -0.15) is 5.10 Å². The van der Waals surface area contributed by atoms with Gasteiger partial charge in [-0.25, -0.2) is 18.4 Å². The Morgan fingerprint density at radius 2 is 1.97 bits per heavy atom. The van der Waals surface area contributed by atoms with Crippen molar-refractivity contribution < 1.29 is 13.2 Å². The second-order valence-corrected chi connectivity index (χ2v) is 11.2. The second-order valence-electron chi connectivity index (χ2n) is 9.34. The summed E-state index contributed by atoms with van der Waals surface area (Å²) in [6.45, 7) is 5.67. The lowest BCUT2D eigenvalue weighted by atomic mass is 10.0. The number of piperidine rings is 1. The van der Waals surface area contributed by atoms with Gasteiger partial charge in [0.05, 0.1) is 28.9 Å². The van der Waals surface area contributed by atoms with Crippen LogP contribution < -0.4 is 20.1 Å². The van der Waals surface area contributed by atoms with Gasteiger partial charge in [0, 0.05) is 29.6 Å². The van der Waals surface area contributed by atoms with Gasteiger partial charge in [-0.1, -0.05) is 31.2 Å². The molecule has 1 atom stereocenters. The molecule has 3 heterocycles. The highest BCUT2D eigenvalue weighted by Crippen LogP contribution is 2.38. The molecule has 1 aliphatic heterocycles. The topological polar surface area (TPSA) is 131 Å². The maximum Gasteiger partial charge on any atom is 0.248 e. The summed E-state index contributed by atoms with van der Waals surface area (Å²) in [6, 6.07) is 13.1. The molecule has 4 aromatic rings. The quantitative estimate of drug-likeness (QED) is 0.257. The Labute approximate surface area is 234 Å². The minimum Gasteiger partial charge on any atom is -0.436 e. The highest BCUT2D eigenvalue weighted by molar-refractivity contribution is 7.92. The fraction of sp³-hybridized carbons (Fsp3) is 0.333. The number of hydrogen-bond donors (Lipinski definition) is 3. The third-order valence-corrected chi connectivity index (χ3v) is 7.87. The predicted octanol–water partition coefficient (Wildman–Crippen LogP) is 4.92. The SMILES string of the molecule is CCCS(=O)(=O)Nc1cccc2c(Oc3nnccc3-c3ccnc(NC4CCCNC4)n3)c(C)ccc12.Cl. The van der Waals surface area contributed by atoms with Gasteiger partial charge in [0.15, 0.2) is 0 Å². The summed E-state index contributed by atoms with van der Waals surface area (Å²) in [5.74, 6) is 1.46. The molecule has 1 aliphatic rings. The largest absolute Gasteiger partial charge is 0.436 e. The van der Waals surface area contributed by atoms with Gasteiger partial charge in [0.1, 0.15) is 5.75 Å². The van der Waals surface area contributed by atoms with E-state index < -0.39 is 10.0 Å². The van der Waals surface area contributed by atoms with E-state index in [-0.39, 0.29) is 24.2 Å². The lowest BCUT2D eigenvalue weighted by Gasteiger charge is -2.23. The van der Waals surface area contributed by atoms with E-state index in [0.717, 1.165) is 42.3 Å². The van der Waals surface area contributed by atoms with E-state index in [1.54, 1.807) is 30.6 Å². The number of fused-ring (bicyclic) bond motifs is 1. The lowest BCUT2D eigenvalue weighted by Crippen LogP contribution is -2.38. The Hall–Kier alpha value is -3.54. The van der Waals surface area contributed by atoms with Crippen molar-refractivity contribution in [3.05, 3.63) is 60.4 Å². The average molecular weight is 570 g/mol. The molecule has 0 bridgehead atoms. The number of halogens is 1. The molecule has 1 unspecified atom stereocenters. The first-order valence-electron chi connectivity index (χ1n) is 12.8. The summed E-state index contributed by atoms with van der Waals surface area (Å²) in [5, 5.41) is 16.6. The fourth-order valence-corrected chi connectivity index (χ4v) is 5.73.